The van der Waals surface area contributed by atoms with Gasteiger partial charge in [0, 0.05) is 24.7 Å². The molecule has 1 aromatic carbocycles. The summed E-state index contributed by atoms with van der Waals surface area (Å²) in [5.41, 5.74) is 1.03. The molecule has 0 bridgehead atoms. The molecule has 2 saturated heterocycles. The van der Waals surface area contributed by atoms with Crippen LogP contribution in [0.5, 0.6) is 0 Å². The maximum absolute atomic E-state index is 12.4. The van der Waals surface area contributed by atoms with E-state index in [1.807, 2.05) is 6.07 Å². The van der Waals surface area contributed by atoms with E-state index in [9.17, 15) is 14.4 Å². The molecule has 0 aliphatic carbocycles. The molecule has 0 atom stereocenters. The summed E-state index contributed by atoms with van der Waals surface area (Å²) < 4.78 is 4.73. The zero-order valence-corrected chi connectivity index (χ0v) is 12.4. The number of hydrogen-bond donors (Lipinski definition) is 0. The van der Waals surface area contributed by atoms with Crippen molar-refractivity contribution < 1.29 is 19.1 Å². The van der Waals surface area contributed by atoms with Crippen molar-refractivity contribution in [2.75, 3.05) is 19.7 Å². The highest BCUT2D eigenvalue weighted by atomic mass is 16.6. The molecule has 7 heteroatoms. The summed E-state index contributed by atoms with van der Waals surface area (Å²) in [4.78, 5) is 38.5. The van der Waals surface area contributed by atoms with Gasteiger partial charge in [-0.2, -0.15) is 5.26 Å². The molecule has 2 aliphatic heterocycles. The smallest absolute Gasteiger partial charge is 0.417 e. The Morgan fingerprint density at radius 1 is 1.17 bits per heavy atom. The lowest BCUT2D eigenvalue weighted by Gasteiger charge is -2.34. The number of benzene rings is 1. The van der Waals surface area contributed by atoms with Crippen molar-refractivity contribution in [3.05, 3.63) is 35.4 Å². The molecule has 3 amide bonds. The van der Waals surface area contributed by atoms with Crippen LogP contribution >= 0.6 is 0 Å². The Balaban J connectivity index is 1.62. The molecule has 0 spiro atoms. The monoisotopic (exact) mass is 313 g/mol. The molecule has 0 saturated carbocycles. The van der Waals surface area contributed by atoms with Gasteiger partial charge < -0.3 is 9.64 Å². The molecule has 23 heavy (non-hydrogen) atoms. The van der Waals surface area contributed by atoms with Crippen LogP contribution in [0.25, 0.3) is 0 Å². The van der Waals surface area contributed by atoms with Gasteiger partial charge in [-0.15, -0.1) is 0 Å². The molecule has 3 rings (SSSR count). The second-order valence-electron chi connectivity index (χ2n) is 5.53. The number of amides is 3. The van der Waals surface area contributed by atoms with Gasteiger partial charge in [0.1, 0.15) is 0 Å². The van der Waals surface area contributed by atoms with E-state index >= 15 is 0 Å². The quantitative estimate of drug-likeness (QED) is 0.816. The number of rotatable bonds is 2. The van der Waals surface area contributed by atoms with Crippen LogP contribution in [0.15, 0.2) is 24.3 Å². The van der Waals surface area contributed by atoms with Crippen LogP contribution in [0.2, 0.25) is 0 Å². The standard InChI is InChI=1S/C16H15N3O4/c17-9-11-1-3-12(4-2-11)15(21)18-7-5-13(6-8-18)19-14(20)10-23-16(19)22/h1-4,13H,5-8,10H2. The van der Waals surface area contributed by atoms with E-state index in [1.54, 1.807) is 29.2 Å². The molecule has 1 aromatic rings. The van der Waals surface area contributed by atoms with Gasteiger partial charge in [0.15, 0.2) is 6.61 Å². The van der Waals surface area contributed by atoms with Crippen molar-refractivity contribution in [1.29, 1.82) is 5.26 Å². The van der Waals surface area contributed by atoms with Crippen molar-refractivity contribution in [3.8, 4) is 6.07 Å². The molecule has 0 aromatic heterocycles. The number of ether oxygens (including phenoxy) is 1. The van der Waals surface area contributed by atoms with Crippen LogP contribution in [0, 0.1) is 11.3 Å². The first-order valence-corrected chi connectivity index (χ1v) is 7.38. The number of imide groups is 1. The minimum Gasteiger partial charge on any atom is -0.439 e. The zero-order chi connectivity index (χ0) is 16.4. The highest BCUT2D eigenvalue weighted by molar-refractivity contribution is 5.98. The summed E-state index contributed by atoms with van der Waals surface area (Å²) >= 11 is 0. The third-order valence-corrected chi connectivity index (χ3v) is 4.16. The summed E-state index contributed by atoms with van der Waals surface area (Å²) in [6.45, 7) is 0.754. The van der Waals surface area contributed by atoms with Crippen molar-refractivity contribution >= 4 is 17.9 Å². The minimum absolute atomic E-state index is 0.108. The third-order valence-electron chi connectivity index (χ3n) is 4.16. The third kappa shape index (κ3) is 2.88. The normalized spacial score (nSPS) is 18.7. The van der Waals surface area contributed by atoms with Gasteiger partial charge in [-0.25, -0.2) is 9.69 Å². The summed E-state index contributed by atoms with van der Waals surface area (Å²) in [7, 11) is 0. The summed E-state index contributed by atoms with van der Waals surface area (Å²) in [6.07, 6.45) is 0.498. The van der Waals surface area contributed by atoms with Gasteiger partial charge in [-0.3, -0.25) is 9.59 Å². The van der Waals surface area contributed by atoms with Crippen LogP contribution in [-0.2, 0) is 9.53 Å². The maximum Gasteiger partial charge on any atom is 0.417 e. The second-order valence-corrected chi connectivity index (χ2v) is 5.53. The predicted molar refractivity (Wildman–Crippen MR) is 78.3 cm³/mol. The van der Waals surface area contributed by atoms with Crippen LogP contribution in [-0.4, -0.2) is 53.4 Å². The average Bonchev–Trinajstić information content (AvgIpc) is 2.93. The number of cyclic esters (lactones) is 1. The molecule has 0 unspecified atom stereocenters. The number of carbonyl (C=O) groups excluding carboxylic acids is 3. The Kier molecular flexibility index (Phi) is 3.98. The van der Waals surface area contributed by atoms with Gasteiger partial charge in [-0.05, 0) is 37.1 Å². The van der Waals surface area contributed by atoms with Crippen molar-refractivity contribution in [2.45, 2.75) is 18.9 Å². The first-order chi connectivity index (χ1) is 11.1. The van der Waals surface area contributed by atoms with E-state index in [-0.39, 0.29) is 24.5 Å². The van der Waals surface area contributed by atoms with Crippen molar-refractivity contribution in [1.82, 2.24) is 9.80 Å². The van der Waals surface area contributed by atoms with E-state index < -0.39 is 6.09 Å². The fraction of sp³-hybridized carbons (Fsp3) is 0.375. The Bertz CT molecular complexity index is 668. The first-order valence-electron chi connectivity index (χ1n) is 7.38. The average molecular weight is 313 g/mol. The van der Waals surface area contributed by atoms with E-state index in [0.29, 0.717) is 37.1 Å². The SMILES string of the molecule is N#Cc1ccc(C(=O)N2CCC(N3C(=O)COC3=O)CC2)cc1. The lowest BCUT2D eigenvalue weighted by Crippen LogP contribution is -2.48. The summed E-state index contributed by atoms with van der Waals surface area (Å²) in [5.74, 6) is -0.421. The second kappa shape index (κ2) is 6.08. The highest BCUT2D eigenvalue weighted by Crippen LogP contribution is 2.22. The fourth-order valence-corrected chi connectivity index (χ4v) is 2.91. The molecule has 7 nitrogen and oxygen atoms in total. The summed E-state index contributed by atoms with van der Waals surface area (Å²) in [5, 5.41) is 8.78. The molecular formula is C16H15N3O4. The Morgan fingerprint density at radius 2 is 1.83 bits per heavy atom. The molecule has 0 N–H and O–H groups in total. The van der Waals surface area contributed by atoms with Gasteiger partial charge in [-0.1, -0.05) is 0 Å². The molecule has 118 valence electrons. The van der Waals surface area contributed by atoms with Crippen LogP contribution < -0.4 is 0 Å². The van der Waals surface area contributed by atoms with Crippen LogP contribution in [0.3, 0.4) is 0 Å². The maximum atomic E-state index is 12.4. The number of likely N-dealkylation sites (tertiary alicyclic amines) is 1. The highest BCUT2D eigenvalue weighted by Gasteiger charge is 2.39. The molecule has 2 aliphatic rings. The minimum atomic E-state index is -0.591. The molecule has 2 heterocycles. The van der Waals surface area contributed by atoms with E-state index in [2.05, 4.69) is 0 Å². The molecule has 0 radical (unpaired) electrons. The van der Waals surface area contributed by atoms with E-state index in [0.717, 1.165) is 0 Å². The lowest BCUT2D eigenvalue weighted by atomic mass is 10.0. The number of nitriles is 1. The van der Waals surface area contributed by atoms with Crippen molar-refractivity contribution in [2.24, 2.45) is 0 Å². The van der Waals surface area contributed by atoms with E-state index in [1.165, 1.54) is 4.90 Å². The van der Waals surface area contributed by atoms with Gasteiger partial charge >= 0.3 is 6.09 Å². The van der Waals surface area contributed by atoms with Gasteiger partial charge in [0.05, 0.1) is 11.6 Å². The number of carbonyl (C=O) groups is 3. The number of piperidine rings is 1. The predicted octanol–water partition coefficient (Wildman–Crippen LogP) is 1.14. The van der Waals surface area contributed by atoms with E-state index in [4.69, 9.17) is 10.00 Å². The Morgan fingerprint density at radius 3 is 2.35 bits per heavy atom. The largest absolute Gasteiger partial charge is 0.439 e. The number of nitrogens with zero attached hydrogens (tertiary/aromatic N) is 3. The Hall–Kier alpha value is -2.88. The zero-order valence-electron chi connectivity index (χ0n) is 12.4. The molecule has 2 fully saturated rings. The van der Waals surface area contributed by atoms with Crippen LogP contribution in [0.4, 0.5) is 4.79 Å². The van der Waals surface area contributed by atoms with Crippen molar-refractivity contribution in [3.63, 3.8) is 0 Å². The topological polar surface area (TPSA) is 90.7 Å². The first kappa shape index (κ1) is 15.0. The number of hydrogen-bond acceptors (Lipinski definition) is 5. The van der Waals surface area contributed by atoms with Crippen LogP contribution in [0.1, 0.15) is 28.8 Å². The Labute approximate surface area is 133 Å². The van der Waals surface area contributed by atoms with Gasteiger partial charge in [0.2, 0.25) is 0 Å². The molecular weight excluding hydrogens is 298 g/mol. The lowest BCUT2D eigenvalue weighted by molar-refractivity contribution is -0.127. The summed E-state index contributed by atoms with van der Waals surface area (Å²) in [6, 6.07) is 8.29. The van der Waals surface area contributed by atoms with Gasteiger partial charge in [0.25, 0.3) is 11.8 Å². The fourth-order valence-electron chi connectivity index (χ4n) is 2.91.